The van der Waals surface area contributed by atoms with E-state index >= 15 is 0 Å². The minimum absolute atomic E-state index is 0.622. The van der Waals surface area contributed by atoms with Crippen LogP contribution in [0.5, 0.6) is 0 Å². The van der Waals surface area contributed by atoms with Crippen LogP contribution in [0.4, 0.5) is 5.82 Å². The lowest BCUT2D eigenvalue weighted by Gasteiger charge is -2.12. The van der Waals surface area contributed by atoms with Gasteiger partial charge in [0.2, 0.25) is 0 Å². The van der Waals surface area contributed by atoms with Crippen molar-refractivity contribution in [2.24, 2.45) is 0 Å². The molecule has 3 nitrogen and oxygen atoms in total. The smallest absolute Gasteiger partial charge is 0.144 e. The first-order chi connectivity index (χ1) is 9.78. The van der Waals surface area contributed by atoms with Crippen molar-refractivity contribution in [3.05, 3.63) is 38.4 Å². The van der Waals surface area contributed by atoms with Crippen molar-refractivity contribution in [1.82, 2.24) is 9.97 Å². The van der Waals surface area contributed by atoms with Crippen LogP contribution in [0.1, 0.15) is 48.5 Å². The zero-order valence-electron chi connectivity index (χ0n) is 11.5. The molecule has 106 valence electrons. The Kier molecular flexibility index (Phi) is 4.36. The predicted octanol–water partition coefficient (Wildman–Crippen LogP) is 4.59. The highest BCUT2D eigenvalue weighted by Gasteiger charge is 2.29. The summed E-state index contributed by atoms with van der Waals surface area (Å²) in [4.78, 5) is 10.8. The lowest BCUT2D eigenvalue weighted by atomic mass is 10.2. The van der Waals surface area contributed by atoms with Gasteiger partial charge in [-0.1, -0.05) is 13.0 Å². The molecule has 1 aliphatic rings. The molecule has 1 saturated carbocycles. The van der Waals surface area contributed by atoms with Crippen LogP contribution in [0.3, 0.4) is 0 Å². The molecule has 0 bridgehead atoms. The molecule has 1 aliphatic carbocycles. The summed E-state index contributed by atoms with van der Waals surface area (Å²) in [6, 6.07) is 4.23. The molecule has 0 aliphatic heterocycles. The fourth-order valence-electron chi connectivity index (χ4n) is 2.15. The maximum absolute atomic E-state index is 4.79. The van der Waals surface area contributed by atoms with E-state index in [0.29, 0.717) is 5.92 Å². The van der Waals surface area contributed by atoms with Crippen LogP contribution in [0, 0.1) is 0 Å². The Labute approximate surface area is 132 Å². The normalized spacial score (nSPS) is 14.5. The molecule has 2 aromatic heterocycles. The van der Waals surface area contributed by atoms with E-state index in [1.807, 2.05) is 0 Å². The minimum atomic E-state index is 0.622. The number of nitrogens with one attached hydrogen (secondary N) is 1. The van der Waals surface area contributed by atoms with Crippen LogP contribution in [-0.2, 0) is 6.42 Å². The second-order valence-electron chi connectivity index (χ2n) is 5.14. The maximum Gasteiger partial charge on any atom is 0.144 e. The second-order valence-corrected chi connectivity index (χ2v) is 6.97. The summed E-state index contributed by atoms with van der Waals surface area (Å²) >= 11 is 5.44. The first-order valence-corrected chi connectivity index (χ1v) is 8.77. The molecule has 20 heavy (non-hydrogen) atoms. The lowest BCUT2D eigenvalue weighted by Crippen LogP contribution is -2.09. The maximum atomic E-state index is 4.79. The van der Waals surface area contributed by atoms with E-state index in [1.165, 1.54) is 23.4 Å². The summed E-state index contributed by atoms with van der Waals surface area (Å²) in [6.07, 6.45) is 4.42. The molecule has 1 fully saturated rings. The van der Waals surface area contributed by atoms with E-state index in [0.717, 1.165) is 35.5 Å². The van der Waals surface area contributed by atoms with Crippen LogP contribution < -0.4 is 5.32 Å². The van der Waals surface area contributed by atoms with Gasteiger partial charge in [0.05, 0.1) is 10.2 Å². The molecule has 0 amide bonds. The third-order valence-electron chi connectivity index (χ3n) is 3.34. The van der Waals surface area contributed by atoms with Crippen LogP contribution in [0.2, 0.25) is 0 Å². The molecule has 1 N–H and O–H groups in total. The summed E-state index contributed by atoms with van der Waals surface area (Å²) in [6.45, 7) is 3.11. The molecule has 0 spiro atoms. The topological polar surface area (TPSA) is 37.8 Å². The number of nitrogens with zero attached hydrogens (tertiary/aromatic N) is 2. The summed E-state index contributed by atoms with van der Waals surface area (Å²) in [5.74, 6) is 2.50. The lowest BCUT2D eigenvalue weighted by molar-refractivity contribution is 0.883. The molecule has 2 heterocycles. The number of aromatic nitrogens is 2. The van der Waals surface area contributed by atoms with E-state index in [1.54, 1.807) is 11.3 Å². The van der Waals surface area contributed by atoms with E-state index < -0.39 is 0 Å². The van der Waals surface area contributed by atoms with Gasteiger partial charge in [0.15, 0.2) is 0 Å². The molecule has 0 atom stereocenters. The first-order valence-electron chi connectivity index (χ1n) is 7.10. The Balaban J connectivity index is 1.90. The molecule has 3 rings (SSSR count). The molecular weight excluding hydrogens is 334 g/mol. The van der Waals surface area contributed by atoms with Gasteiger partial charge in [-0.3, -0.25) is 0 Å². The number of anilines is 1. The minimum Gasteiger partial charge on any atom is -0.369 e. The van der Waals surface area contributed by atoms with Gasteiger partial charge in [0.25, 0.3) is 0 Å². The highest BCUT2D eigenvalue weighted by molar-refractivity contribution is 9.10. The zero-order chi connectivity index (χ0) is 13.9. The number of hydrogen-bond donors (Lipinski definition) is 1. The average molecular weight is 352 g/mol. The van der Waals surface area contributed by atoms with E-state index in [4.69, 9.17) is 9.97 Å². The van der Waals surface area contributed by atoms with Gasteiger partial charge in [-0.15, -0.1) is 11.3 Å². The van der Waals surface area contributed by atoms with Gasteiger partial charge in [-0.05, 0) is 46.6 Å². The summed E-state index contributed by atoms with van der Waals surface area (Å²) < 4.78 is 1.06. The van der Waals surface area contributed by atoms with Crippen molar-refractivity contribution in [3.63, 3.8) is 0 Å². The Morgan fingerprint density at radius 2 is 2.25 bits per heavy atom. The number of halogens is 1. The quantitative estimate of drug-likeness (QED) is 0.826. The number of rotatable bonds is 6. The van der Waals surface area contributed by atoms with Crippen LogP contribution >= 0.6 is 27.3 Å². The number of hydrogen-bond acceptors (Lipinski definition) is 4. The van der Waals surface area contributed by atoms with Crippen molar-refractivity contribution < 1.29 is 0 Å². The molecule has 0 radical (unpaired) electrons. The Morgan fingerprint density at radius 1 is 1.40 bits per heavy atom. The third kappa shape index (κ3) is 3.20. The highest BCUT2D eigenvalue weighted by Crippen LogP contribution is 2.43. The molecule has 0 unspecified atom stereocenters. The standard InChI is InChI=1S/C15H18BrN3S/c1-2-7-17-15-13(16)14(10-5-6-10)18-12(19-15)9-11-4-3-8-20-11/h3-4,8,10H,2,5-7,9H2,1H3,(H,17,18,19). The van der Waals surface area contributed by atoms with E-state index in [2.05, 4.69) is 45.7 Å². The van der Waals surface area contributed by atoms with Crippen molar-refractivity contribution in [2.45, 2.75) is 38.5 Å². The molecular formula is C15H18BrN3S. The van der Waals surface area contributed by atoms with Crippen LogP contribution in [0.25, 0.3) is 0 Å². The molecule has 0 saturated heterocycles. The molecule has 5 heteroatoms. The van der Waals surface area contributed by atoms with Gasteiger partial charge in [-0.2, -0.15) is 0 Å². The zero-order valence-corrected chi connectivity index (χ0v) is 13.9. The van der Waals surface area contributed by atoms with Crippen molar-refractivity contribution in [3.8, 4) is 0 Å². The first kappa shape index (κ1) is 14.0. The highest BCUT2D eigenvalue weighted by atomic mass is 79.9. The van der Waals surface area contributed by atoms with Crippen molar-refractivity contribution >= 4 is 33.1 Å². The van der Waals surface area contributed by atoms with Crippen LogP contribution in [-0.4, -0.2) is 16.5 Å². The fraction of sp³-hybridized carbons (Fsp3) is 0.467. The fourth-order valence-corrected chi connectivity index (χ4v) is 3.49. The van der Waals surface area contributed by atoms with Gasteiger partial charge in [0.1, 0.15) is 11.6 Å². The average Bonchev–Trinajstić information content (AvgIpc) is 3.17. The Morgan fingerprint density at radius 3 is 2.90 bits per heavy atom. The summed E-state index contributed by atoms with van der Waals surface area (Å²) in [5, 5.41) is 5.51. The second kappa shape index (κ2) is 6.22. The summed E-state index contributed by atoms with van der Waals surface area (Å²) in [5.41, 5.74) is 1.19. The van der Waals surface area contributed by atoms with Crippen LogP contribution in [0.15, 0.2) is 22.0 Å². The molecule has 2 aromatic rings. The van der Waals surface area contributed by atoms with Crippen molar-refractivity contribution in [2.75, 3.05) is 11.9 Å². The van der Waals surface area contributed by atoms with E-state index in [9.17, 15) is 0 Å². The predicted molar refractivity (Wildman–Crippen MR) is 87.6 cm³/mol. The summed E-state index contributed by atoms with van der Waals surface area (Å²) in [7, 11) is 0. The SMILES string of the molecule is CCCNc1nc(Cc2cccs2)nc(C2CC2)c1Br. The Bertz CT molecular complexity index is 579. The van der Waals surface area contributed by atoms with Gasteiger partial charge in [-0.25, -0.2) is 9.97 Å². The van der Waals surface area contributed by atoms with Gasteiger partial charge in [0, 0.05) is 23.8 Å². The van der Waals surface area contributed by atoms with E-state index in [-0.39, 0.29) is 0 Å². The van der Waals surface area contributed by atoms with Gasteiger partial charge < -0.3 is 5.32 Å². The molecule has 0 aromatic carbocycles. The largest absolute Gasteiger partial charge is 0.369 e. The monoisotopic (exact) mass is 351 g/mol. The van der Waals surface area contributed by atoms with Gasteiger partial charge >= 0.3 is 0 Å². The van der Waals surface area contributed by atoms with Crippen molar-refractivity contribution in [1.29, 1.82) is 0 Å². The number of thiophene rings is 1. The third-order valence-corrected chi connectivity index (χ3v) is 5.00. The Hall–Kier alpha value is -0.940.